The Bertz CT molecular complexity index is 687. The number of rotatable bonds is 2. The Morgan fingerprint density at radius 3 is 2.84 bits per heavy atom. The molecule has 0 aliphatic carbocycles. The van der Waals surface area contributed by atoms with E-state index in [0.717, 1.165) is 6.07 Å². The molecule has 0 radical (unpaired) electrons. The SMILES string of the molecule is O=C1C(=O)N(Cc2cscn2)c2c(Br)cc(F)cc21. The van der Waals surface area contributed by atoms with Crippen molar-refractivity contribution in [2.24, 2.45) is 0 Å². The minimum atomic E-state index is -0.689. The van der Waals surface area contributed by atoms with Gasteiger partial charge in [0.25, 0.3) is 11.7 Å². The van der Waals surface area contributed by atoms with E-state index in [9.17, 15) is 14.0 Å². The highest BCUT2D eigenvalue weighted by Gasteiger charge is 2.38. The fourth-order valence-electron chi connectivity index (χ4n) is 1.98. The maximum Gasteiger partial charge on any atom is 0.299 e. The molecular formula is C12H6BrFN2O2S. The van der Waals surface area contributed by atoms with Crippen molar-refractivity contribution in [1.82, 2.24) is 4.98 Å². The van der Waals surface area contributed by atoms with Gasteiger partial charge in [-0.15, -0.1) is 11.3 Å². The van der Waals surface area contributed by atoms with Crippen molar-refractivity contribution in [3.8, 4) is 0 Å². The van der Waals surface area contributed by atoms with E-state index >= 15 is 0 Å². The Hall–Kier alpha value is -1.60. The number of halogens is 2. The number of amides is 1. The minimum absolute atomic E-state index is 0.0899. The molecule has 3 rings (SSSR count). The smallest absolute Gasteiger partial charge is 0.298 e. The molecule has 1 aromatic heterocycles. The van der Waals surface area contributed by atoms with Gasteiger partial charge in [-0.2, -0.15) is 0 Å². The average molecular weight is 341 g/mol. The van der Waals surface area contributed by atoms with Gasteiger partial charge in [0.1, 0.15) is 5.82 Å². The van der Waals surface area contributed by atoms with Gasteiger partial charge in [0.2, 0.25) is 0 Å². The molecule has 0 saturated carbocycles. The zero-order valence-corrected chi connectivity index (χ0v) is 11.8. The molecule has 1 amide bonds. The summed E-state index contributed by atoms with van der Waals surface area (Å²) in [6, 6.07) is 2.32. The molecule has 7 heteroatoms. The Morgan fingerprint density at radius 2 is 2.16 bits per heavy atom. The third kappa shape index (κ3) is 1.98. The molecule has 0 fully saturated rings. The standard InChI is InChI=1S/C12H6BrFN2O2S/c13-9-2-6(14)1-8-10(9)16(12(18)11(8)17)3-7-4-19-5-15-7/h1-2,4-5H,3H2. The van der Waals surface area contributed by atoms with Crippen molar-refractivity contribution in [3.05, 3.63) is 44.6 Å². The lowest BCUT2D eigenvalue weighted by Gasteiger charge is -2.16. The Balaban J connectivity index is 2.09. The summed E-state index contributed by atoms with van der Waals surface area (Å²) in [6.07, 6.45) is 0. The van der Waals surface area contributed by atoms with Gasteiger partial charge in [-0.1, -0.05) is 0 Å². The van der Waals surface area contributed by atoms with Crippen molar-refractivity contribution < 1.29 is 14.0 Å². The van der Waals surface area contributed by atoms with Crippen LogP contribution in [0.15, 0.2) is 27.5 Å². The van der Waals surface area contributed by atoms with Gasteiger partial charge in [-0.25, -0.2) is 9.37 Å². The third-order valence-electron chi connectivity index (χ3n) is 2.79. The van der Waals surface area contributed by atoms with Crippen LogP contribution in [0.1, 0.15) is 16.1 Å². The number of Topliss-reactive ketones (excluding diaryl/α,β-unsaturated/α-hetero) is 1. The number of fused-ring (bicyclic) bond motifs is 1. The van der Waals surface area contributed by atoms with Crippen LogP contribution in [-0.2, 0) is 11.3 Å². The van der Waals surface area contributed by atoms with Crippen LogP contribution in [0.3, 0.4) is 0 Å². The monoisotopic (exact) mass is 340 g/mol. The van der Waals surface area contributed by atoms with Gasteiger partial charge < -0.3 is 0 Å². The van der Waals surface area contributed by atoms with E-state index in [0.29, 0.717) is 15.9 Å². The third-order valence-corrected chi connectivity index (χ3v) is 4.03. The van der Waals surface area contributed by atoms with Gasteiger partial charge in [0.05, 0.1) is 29.0 Å². The highest BCUT2D eigenvalue weighted by atomic mass is 79.9. The predicted octanol–water partition coefficient (Wildman–Crippen LogP) is 2.77. The van der Waals surface area contributed by atoms with Gasteiger partial charge in [-0.05, 0) is 28.1 Å². The zero-order chi connectivity index (χ0) is 13.6. The van der Waals surface area contributed by atoms with Crippen LogP contribution in [0.2, 0.25) is 0 Å². The fraction of sp³-hybridized carbons (Fsp3) is 0.0833. The summed E-state index contributed by atoms with van der Waals surface area (Å²) in [5.74, 6) is -1.90. The molecule has 0 spiro atoms. The average Bonchev–Trinajstić information content (AvgIpc) is 2.93. The summed E-state index contributed by atoms with van der Waals surface area (Å²) < 4.78 is 13.7. The second-order valence-corrected chi connectivity index (χ2v) is 5.56. The largest absolute Gasteiger partial charge is 0.299 e. The molecule has 1 aliphatic rings. The number of hydrogen-bond acceptors (Lipinski definition) is 4. The molecule has 0 atom stereocenters. The molecule has 2 aromatic rings. The van der Waals surface area contributed by atoms with Crippen LogP contribution < -0.4 is 4.90 Å². The number of ketones is 1. The van der Waals surface area contributed by atoms with E-state index in [4.69, 9.17) is 0 Å². The quantitative estimate of drug-likeness (QED) is 0.790. The van der Waals surface area contributed by atoms with Crippen LogP contribution in [0.4, 0.5) is 10.1 Å². The number of thiazole rings is 1. The van der Waals surface area contributed by atoms with E-state index in [-0.39, 0.29) is 12.1 Å². The second kappa shape index (κ2) is 4.50. The maximum absolute atomic E-state index is 13.3. The molecule has 0 N–H and O–H groups in total. The Morgan fingerprint density at radius 1 is 1.37 bits per heavy atom. The zero-order valence-electron chi connectivity index (χ0n) is 9.39. The Labute approximate surface area is 120 Å². The molecule has 1 aromatic carbocycles. The van der Waals surface area contributed by atoms with Gasteiger partial charge in [-0.3, -0.25) is 14.5 Å². The van der Waals surface area contributed by atoms with Crippen LogP contribution in [0, 0.1) is 5.82 Å². The van der Waals surface area contributed by atoms with E-state index < -0.39 is 17.5 Å². The lowest BCUT2D eigenvalue weighted by Crippen LogP contribution is -2.29. The molecule has 19 heavy (non-hydrogen) atoms. The van der Waals surface area contributed by atoms with Crippen LogP contribution in [0.25, 0.3) is 0 Å². The molecule has 4 nitrogen and oxygen atoms in total. The molecule has 2 heterocycles. The summed E-state index contributed by atoms with van der Waals surface area (Å²) >= 11 is 4.60. The molecule has 0 unspecified atom stereocenters. The van der Waals surface area contributed by atoms with E-state index in [2.05, 4.69) is 20.9 Å². The molecule has 1 aliphatic heterocycles. The van der Waals surface area contributed by atoms with Crippen molar-refractivity contribution in [1.29, 1.82) is 0 Å². The Kier molecular flexibility index (Phi) is 2.94. The van der Waals surface area contributed by atoms with Gasteiger partial charge >= 0.3 is 0 Å². The summed E-state index contributed by atoms with van der Waals surface area (Å²) in [4.78, 5) is 29.2. The summed E-state index contributed by atoms with van der Waals surface area (Å²) in [7, 11) is 0. The molecule has 0 bridgehead atoms. The number of aromatic nitrogens is 1. The predicted molar refractivity (Wildman–Crippen MR) is 71.7 cm³/mol. The van der Waals surface area contributed by atoms with E-state index in [1.165, 1.54) is 22.3 Å². The first-order valence-electron chi connectivity index (χ1n) is 5.30. The van der Waals surface area contributed by atoms with E-state index in [1.807, 2.05) is 0 Å². The molecule has 0 saturated heterocycles. The minimum Gasteiger partial charge on any atom is -0.298 e. The van der Waals surface area contributed by atoms with Gasteiger partial charge in [0, 0.05) is 9.85 Å². The van der Waals surface area contributed by atoms with Crippen molar-refractivity contribution >= 4 is 44.6 Å². The van der Waals surface area contributed by atoms with E-state index in [1.54, 1.807) is 10.9 Å². The van der Waals surface area contributed by atoms with Crippen LogP contribution in [0.5, 0.6) is 0 Å². The number of carbonyl (C=O) groups excluding carboxylic acids is 2. The van der Waals surface area contributed by atoms with Crippen molar-refractivity contribution in [2.45, 2.75) is 6.54 Å². The second-order valence-electron chi connectivity index (χ2n) is 3.98. The fourth-order valence-corrected chi connectivity index (χ4v) is 3.18. The van der Waals surface area contributed by atoms with Crippen molar-refractivity contribution in [3.63, 3.8) is 0 Å². The first-order valence-corrected chi connectivity index (χ1v) is 7.04. The number of nitrogens with zero attached hydrogens (tertiary/aromatic N) is 2. The normalized spacial score (nSPS) is 14.1. The highest BCUT2D eigenvalue weighted by molar-refractivity contribution is 9.10. The molecular weight excluding hydrogens is 335 g/mol. The topological polar surface area (TPSA) is 50.3 Å². The summed E-state index contributed by atoms with van der Waals surface area (Å²) in [5.41, 5.74) is 2.84. The summed E-state index contributed by atoms with van der Waals surface area (Å²) in [6.45, 7) is 0.200. The number of carbonyl (C=O) groups is 2. The molecule has 96 valence electrons. The summed E-state index contributed by atoms with van der Waals surface area (Å²) in [5, 5.41) is 1.80. The van der Waals surface area contributed by atoms with Crippen LogP contribution >= 0.6 is 27.3 Å². The van der Waals surface area contributed by atoms with Crippen LogP contribution in [-0.4, -0.2) is 16.7 Å². The number of hydrogen-bond donors (Lipinski definition) is 0. The first-order chi connectivity index (χ1) is 9.08. The highest BCUT2D eigenvalue weighted by Crippen LogP contribution is 2.37. The van der Waals surface area contributed by atoms with Gasteiger partial charge in [0.15, 0.2) is 0 Å². The van der Waals surface area contributed by atoms with Crippen molar-refractivity contribution in [2.75, 3.05) is 4.90 Å². The number of benzene rings is 1. The lowest BCUT2D eigenvalue weighted by molar-refractivity contribution is -0.114. The maximum atomic E-state index is 13.3. The number of anilines is 1. The first kappa shape index (κ1) is 12.4. The lowest BCUT2D eigenvalue weighted by atomic mass is 10.1.